The van der Waals surface area contributed by atoms with Crippen LogP contribution in [0.1, 0.15) is 50.3 Å². The number of carbonyl (C=O) groups is 1. The Kier molecular flexibility index (Phi) is 8.21. The lowest BCUT2D eigenvalue weighted by molar-refractivity contribution is -0.146. The summed E-state index contributed by atoms with van der Waals surface area (Å²) >= 11 is 12.3. The average molecular weight is 505 g/mol. The van der Waals surface area contributed by atoms with Crippen LogP contribution >= 0.6 is 23.2 Å². The van der Waals surface area contributed by atoms with Crippen LogP contribution in [0.2, 0.25) is 10.0 Å². The van der Waals surface area contributed by atoms with Crippen LogP contribution in [0.4, 0.5) is 0 Å². The van der Waals surface area contributed by atoms with Crippen molar-refractivity contribution >= 4 is 29.1 Å². The molecule has 0 aromatic heterocycles. The lowest BCUT2D eigenvalue weighted by atomic mass is 9.89. The van der Waals surface area contributed by atoms with Crippen LogP contribution in [0.15, 0.2) is 48.5 Å². The summed E-state index contributed by atoms with van der Waals surface area (Å²) in [5, 5.41) is 15.9. The summed E-state index contributed by atoms with van der Waals surface area (Å²) in [6.07, 6.45) is 2.63. The zero-order valence-electron chi connectivity index (χ0n) is 20.0. The minimum Gasteiger partial charge on any atom is -0.388 e. The number of nitrogens with zero attached hydrogens (tertiary/aromatic N) is 2. The van der Waals surface area contributed by atoms with E-state index in [0.29, 0.717) is 35.5 Å². The molecule has 2 N–H and O–H groups in total. The fraction of sp³-hybridized carbons (Fsp3) is 0.519. The number of piperidine rings is 1. The highest BCUT2D eigenvalue weighted by molar-refractivity contribution is 6.30. The van der Waals surface area contributed by atoms with Crippen LogP contribution in [-0.4, -0.2) is 65.2 Å². The SMILES string of the molecule is CC(C)(O)C1CN(C(c2ccc(Cl)cc2)c2ccc(Cl)cc2)CCN1C(=O)CC1CCNCC1. The van der Waals surface area contributed by atoms with E-state index in [1.165, 1.54) is 0 Å². The summed E-state index contributed by atoms with van der Waals surface area (Å²) in [6, 6.07) is 15.5. The molecule has 4 rings (SSSR count). The third-order valence-corrected chi connectivity index (χ3v) is 7.71. The van der Waals surface area contributed by atoms with Crippen molar-refractivity contribution in [1.82, 2.24) is 15.1 Å². The maximum absolute atomic E-state index is 13.4. The molecule has 2 aliphatic rings. The van der Waals surface area contributed by atoms with Gasteiger partial charge in [-0.25, -0.2) is 0 Å². The van der Waals surface area contributed by atoms with Crippen molar-refractivity contribution in [3.8, 4) is 0 Å². The number of aliphatic hydroxyl groups is 1. The lowest BCUT2D eigenvalue weighted by Gasteiger charge is -2.49. The number of piperazine rings is 1. The fourth-order valence-corrected chi connectivity index (χ4v) is 5.55. The van der Waals surface area contributed by atoms with E-state index in [2.05, 4.69) is 34.5 Å². The first-order valence-electron chi connectivity index (χ1n) is 12.2. The Morgan fingerprint density at radius 3 is 2.03 bits per heavy atom. The molecule has 0 aliphatic carbocycles. The number of rotatable bonds is 6. The molecule has 2 aliphatic heterocycles. The maximum atomic E-state index is 13.4. The van der Waals surface area contributed by atoms with Crippen molar-refractivity contribution < 1.29 is 9.90 Å². The largest absolute Gasteiger partial charge is 0.388 e. The number of halogens is 2. The van der Waals surface area contributed by atoms with Gasteiger partial charge in [0.1, 0.15) is 0 Å². The van der Waals surface area contributed by atoms with Gasteiger partial charge < -0.3 is 15.3 Å². The molecule has 1 amide bonds. The first-order chi connectivity index (χ1) is 16.2. The van der Waals surface area contributed by atoms with Crippen LogP contribution in [0.25, 0.3) is 0 Å². The lowest BCUT2D eigenvalue weighted by Crippen LogP contribution is -2.63. The van der Waals surface area contributed by atoms with E-state index in [0.717, 1.165) is 43.6 Å². The summed E-state index contributed by atoms with van der Waals surface area (Å²) < 4.78 is 0. The zero-order chi connectivity index (χ0) is 24.3. The minimum atomic E-state index is -1.02. The smallest absolute Gasteiger partial charge is 0.223 e. The first-order valence-corrected chi connectivity index (χ1v) is 13.0. The van der Waals surface area contributed by atoms with Crippen molar-refractivity contribution in [3.63, 3.8) is 0 Å². The normalized spacial score (nSPS) is 20.6. The molecule has 1 unspecified atom stereocenters. The van der Waals surface area contributed by atoms with E-state index in [1.807, 2.05) is 43.0 Å². The molecular weight excluding hydrogens is 469 g/mol. The van der Waals surface area contributed by atoms with Crippen LogP contribution in [0.5, 0.6) is 0 Å². The van der Waals surface area contributed by atoms with Gasteiger partial charge in [-0.3, -0.25) is 9.69 Å². The van der Waals surface area contributed by atoms with Gasteiger partial charge in [0.2, 0.25) is 5.91 Å². The highest BCUT2D eigenvalue weighted by Gasteiger charge is 2.41. The van der Waals surface area contributed by atoms with Crippen molar-refractivity contribution in [2.24, 2.45) is 5.92 Å². The van der Waals surface area contributed by atoms with Gasteiger partial charge in [-0.1, -0.05) is 47.5 Å². The highest BCUT2D eigenvalue weighted by atomic mass is 35.5. The topological polar surface area (TPSA) is 55.8 Å². The Morgan fingerprint density at radius 2 is 1.53 bits per heavy atom. The van der Waals surface area contributed by atoms with Crippen LogP contribution < -0.4 is 5.32 Å². The zero-order valence-corrected chi connectivity index (χ0v) is 21.5. The Morgan fingerprint density at radius 1 is 1.00 bits per heavy atom. The quantitative estimate of drug-likeness (QED) is 0.596. The number of hydrogen-bond donors (Lipinski definition) is 2. The summed E-state index contributed by atoms with van der Waals surface area (Å²) in [5.74, 6) is 0.582. The standard InChI is InChI=1S/C27H35Cl2N3O2/c1-27(2,34)24-18-31(15-16-32(24)25(33)17-19-11-13-30-14-12-19)26(20-3-7-22(28)8-4-20)21-5-9-23(29)10-6-21/h3-10,19,24,26,30,34H,11-18H2,1-2H3. The first kappa shape index (κ1) is 25.5. The molecule has 34 heavy (non-hydrogen) atoms. The van der Waals surface area contributed by atoms with Crippen LogP contribution in [-0.2, 0) is 4.79 Å². The maximum Gasteiger partial charge on any atom is 0.223 e. The second kappa shape index (κ2) is 11.0. The van der Waals surface area contributed by atoms with Gasteiger partial charge in [-0.15, -0.1) is 0 Å². The van der Waals surface area contributed by atoms with Gasteiger partial charge >= 0.3 is 0 Å². The molecule has 0 spiro atoms. The number of benzene rings is 2. The second-order valence-electron chi connectivity index (χ2n) is 10.2. The van der Waals surface area contributed by atoms with Crippen LogP contribution in [0, 0.1) is 5.92 Å². The van der Waals surface area contributed by atoms with E-state index in [4.69, 9.17) is 23.2 Å². The van der Waals surface area contributed by atoms with Crippen molar-refractivity contribution in [3.05, 3.63) is 69.7 Å². The summed E-state index contributed by atoms with van der Waals surface area (Å²) in [7, 11) is 0. The molecule has 5 nitrogen and oxygen atoms in total. The molecule has 0 radical (unpaired) electrons. The summed E-state index contributed by atoms with van der Waals surface area (Å²) in [4.78, 5) is 17.7. The van der Waals surface area contributed by atoms with Crippen molar-refractivity contribution in [2.45, 2.75) is 50.8 Å². The molecule has 184 valence electrons. The molecule has 0 saturated carbocycles. The third kappa shape index (κ3) is 6.13. The monoisotopic (exact) mass is 503 g/mol. The van der Waals surface area contributed by atoms with E-state index in [9.17, 15) is 9.90 Å². The molecule has 2 fully saturated rings. The Labute approximate surface area is 213 Å². The van der Waals surface area contributed by atoms with Gasteiger partial charge in [-0.05, 0) is 81.1 Å². The minimum absolute atomic E-state index is 0.0268. The van der Waals surface area contributed by atoms with Crippen molar-refractivity contribution in [2.75, 3.05) is 32.7 Å². The molecule has 2 aromatic carbocycles. The molecule has 0 bridgehead atoms. The highest BCUT2D eigenvalue weighted by Crippen LogP contribution is 2.34. The second-order valence-corrected chi connectivity index (χ2v) is 11.0. The number of nitrogens with one attached hydrogen (secondary N) is 1. The van der Waals surface area contributed by atoms with E-state index in [1.54, 1.807) is 0 Å². The predicted octanol–water partition coefficient (Wildman–Crippen LogP) is 4.76. The molecule has 2 aromatic rings. The molecule has 2 heterocycles. The molecule has 1 atom stereocenters. The molecule has 7 heteroatoms. The number of carbonyl (C=O) groups excluding carboxylic acids is 1. The van der Waals surface area contributed by atoms with E-state index >= 15 is 0 Å². The number of hydrogen-bond acceptors (Lipinski definition) is 4. The fourth-order valence-electron chi connectivity index (χ4n) is 5.30. The van der Waals surface area contributed by atoms with Gasteiger partial charge in [0.15, 0.2) is 0 Å². The molecule has 2 saturated heterocycles. The Hall–Kier alpha value is -1.63. The third-order valence-electron chi connectivity index (χ3n) is 7.21. The van der Waals surface area contributed by atoms with Crippen molar-refractivity contribution in [1.29, 1.82) is 0 Å². The predicted molar refractivity (Wildman–Crippen MR) is 138 cm³/mol. The van der Waals surface area contributed by atoms with E-state index in [-0.39, 0.29) is 18.0 Å². The van der Waals surface area contributed by atoms with Gasteiger partial charge in [0.25, 0.3) is 0 Å². The Bertz CT molecular complexity index is 908. The average Bonchev–Trinajstić information content (AvgIpc) is 2.82. The van der Waals surface area contributed by atoms with Gasteiger partial charge in [-0.2, -0.15) is 0 Å². The van der Waals surface area contributed by atoms with Gasteiger partial charge in [0.05, 0.1) is 17.7 Å². The summed E-state index contributed by atoms with van der Waals surface area (Å²) in [5.41, 5.74) is 1.22. The Balaban J connectivity index is 1.59. The van der Waals surface area contributed by atoms with Gasteiger partial charge in [0, 0.05) is 36.1 Å². The number of amides is 1. The summed E-state index contributed by atoms with van der Waals surface area (Å²) in [6.45, 7) is 7.47. The molecular formula is C27H35Cl2N3O2. The van der Waals surface area contributed by atoms with Crippen LogP contribution in [0.3, 0.4) is 0 Å². The van der Waals surface area contributed by atoms with E-state index < -0.39 is 5.60 Å².